The van der Waals surface area contributed by atoms with E-state index in [1.54, 1.807) is 19.1 Å². The zero-order chi connectivity index (χ0) is 19.7. The van der Waals surface area contributed by atoms with Crippen LogP contribution in [0.4, 0.5) is 4.39 Å². The molecule has 0 spiro atoms. The summed E-state index contributed by atoms with van der Waals surface area (Å²) in [6.07, 6.45) is 0. The maximum Gasteiger partial charge on any atom is 0.237 e. The second-order valence-corrected chi connectivity index (χ2v) is 7.25. The zero-order valence-corrected chi connectivity index (χ0v) is 16.1. The van der Waals surface area contributed by atoms with Gasteiger partial charge in [-0.15, -0.1) is 10.2 Å². The number of nitrogens with two attached hydrogens (primary N) is 1. The van der Waals surface area contributed by atoms with Crippen LogP contribution in [0.1, 0.15) is 17.0 Å². The molecule has 0 aliphatic rings. The third kappa shape index (κ3) is 3.61. The quantitative estimate of drug-likeness (QED) is 0.405. The molecule has 0 bridgehead atoms. The number of halogens is 1. The van der Waals surface area contributed by atoms with E-state index in [9.17, 15) is 4.39 Å². The minimum absolute atomic E-state index is 0.307. The molecule has 0 aliphatic carbocycles. The lowest BCUT2D eigenvalue weighted by Gasteiger charge is -2.03. The molecule has 0 radical (unpaired) electrons. The Hall–Kier alpha value is -3.20. The Balaban J connectivity index is 1.47. The monoisotopic (exact) mass is 396 g/mol. The van der Waals surface area contributed by atoms with Gasteiger partial charge in [-0.25, -0.2) is 9.07 Å². The van der Waals surface area contributed by atoms with E-state index in [-0.39, 0.29) is 5.82 Å². The third-order valence-electron chi connectivity index (χ3n) is 4.20. The first-order chi connectivity index (χ1) is 13.5. The fourth-order valence-electron chi connectivity index (χ4n) is 2.56. The number of nitrogen functional groups attached to an aromatic ring is 1. The molecule has 0 saturated heterocycles. The Kier molecular flexibility index (Phi) is 4.82. The predicted octanol–water partition coefficient (Wildman–Crippen LogP) is 3.76. The summed E-state index contributed by atoms with van der Waals surface area (Å²) < 4.78 is 20.4. The van der Waals surface area contributed by atoms with Crippen molar-refractivity contribution in [2.45, 2.75) is 24.8 Å². The fourth-order valence-corrected chi connectivity index (χ4v) is 3.26. The van der Waals surface area contributed by atoms with E-state index in [4.69, 9.17) is 10.4 Å². The second-order valence-electron chi connectivity index (χ2n) is 6.31. The minimum Gasteiger partial charge on any atom is -0.338 e. The lowest BCUT2D eigenvalue weighted by molar-refractivity contribution is 0.391. The van der Waals surface area contributed by atoms with Crippen LogP contribution in [0.2, 0.25) is 0 Å². The van der Waals surface area contributed by atoms with Crippen LogP contribution in [0.3, 0.4) is 0 Å². The molecule has 28 heavy (non-hydrogen) atoms. The van der Waals surface area contributed by atoms with Crippen LogP contribution in [-0.2, 0) is 5.75 Å². The highest BCUT2D eigenvalue weighted by molar-refractivity contribution is 7.98. The summed E-state index contributed by atoms with van der Waals surface area (Å²) in [5.74, 6) is 7.49. The number of rotatable bonds is 5. The van der Waals surface area contributed by atoms with Gasteiger partial charge in [0.2, 0.25) is 16.9 Å². The molecule has 2 heterocycles. The Bertz CT molecular complexity index is 1120. The second kappa shape index (κ2) is 7.43. The number of hydrogen-bond donors (Lipinski definition) is 1. The number of nitrogens with zero attached hydrogens (tertiary/aromatic N) is 5. The summed E-state index contributed by atoms with van der Waals surface area (Å²) in [4.78, 5) is 4.31. The number of benzene rings is 2. The summed E-state index contributed by atoms with van der Waals surface area (Å²) in [7, 11) is 0. The van der Waals surface area contributed by atoms with Gasteiger partial charge in [-0.1, -0.05) is 58.9 Å². The average Bonchev–Trinajstić information content (AvgIpc) is 3.30. The summed E-state index contributed by atoms with van der Waals surface area (Å²) in [6.45, 7) is 3.72. The molecule has 0 atom stereocenters. The molecular weight excluding hydrogens is 379 g/mol. The van der Waals surface area contributed by atoms with E-state index in [0.29, 0.717) is 39.6 Å². The van der Waals surface area contributed by atoms with Gasteiger partial charge in [0.1, 0.15) is 5.82 Å². The van der Waals surface area contributed by atoms with E-state index < -0.39 is 0 Å². The highest BCUT2D eigenvalue weighted by atomic mass is 32.2. The molecule has 4 rings (SSSR count). The number of aryl methyl sites for hydroxylation is 2. The Morgan fingerprint density at radius 3 is 2.57 bits per heavy atom. The van der Waals surface area contributed by atoms with Gasteiger partial charge in [-0.05, 0) is 25.5 Å². The lowest BCUT2D eigenvalue weighted by Crippen LogP contribution is -2.11. The molecule has 2 aromatic heterocycles. The van der Waals surface area contributed by atoms with E-state index in [2.05, 4.69) is 20.3 Å². The molecule has 2 N–H and O–H groups in total. The van der Waals surface area contributed by atoms with Crippen molar-refractivity contribution in [3.05, 3.63) is 65.3 Å². The smallest absolute Gasteiger partial charge is 0.237 e. The van der Waals surface area contributed by atoms with Crippen molar-refractivity contribution in [1.29, 1.82) is 0 Å². The number of hydrogen-bond acceptors (Lipinski definition) is 7. The largest absolute Gasteiger partial charge is 0.338 e. The molecule has 0 aliphatic heterocycles. The van der Waals surface area contributed by atoms with Crippen LogP contribution in [0.5, 0.6) is 0 Å². The molecular formula is C19H17FN6OS. The third-order valence-corrected chi connectivity index (χ3v) is 5.13. The van der Waals surface area contributed by atoms with E-state index >= 15 is 0 Å². The van der Waals surface area contributed by atoms with Gasteiger partial charge < -0.3 is 10.4 Å². The maximum absolute atomic E-state index is 13.7. The SMILES string of the molecule is Cc1ccc(-c2nnc(SCc3nc(-c4ccc(C)c(F)c4)no3)n2N)cc1. The van der Waals surface area contributed by atoms with Crippen molar-refractivity contribution in [3.63, 3.8) is 0 Å². The number of aromatic nitrogens is 5. The molecule has 7 nitrogen and oxygen atoms in total. The Labute approximate surface area is 164 Å². The first kappa shape index (κ1) is 18.2. The van der Waals surface area contributed by atoms with Gasteiger partial charge in [-0.2, -0.15) is 4.98 Å². The van der Waals surface area contributed by atoms with E-state index in [1.165, 1.54) is 22.5 Å². The van der Waals surface area contributed by atoms with Gasteiger partial charge in [0, 0.05) is 11.1 Å². The van der Waals surface area contributed by atoms with Crippen molar-refractivity contribution in [1.82, 2.24) is 25.0 Å². The molecule has 4 aromatic rings. The van der Waals surface area contributed by atoms with Crippen LogP contribution in [0.25, 0.3) is 22.8 Å². The molecule has 0 unspecified atom stereocenters. The first-order valence-electron chi connectivity index (χ1n) is 8.50. The highest BCUT2D eigenvalue weighted by Gasteiger charge is 2.15. The van der Waals surface area contributed by atoms with Crippen LogP contribution in [-0.4, -0.2) is 25.0 Å². The van der Waals surface area contributed by atoms with E-state index in [0.717, 1.165) is 11.1 Å². The molecule has 9 heteroatoms. The predicted molar refractivity (Wildman–Crippen MR) is 104 cm³/mol. The summed E-state index contributed by atoms with van der Waals surface area (Å²) in [5.41, 5.74) is 3.16. The molecule has 0 saturated carbocycles. The van der Waals surface area contributed by atoms with Gasteiger partial charge in [0.15, 0.2) is 5.82 Å². The summed E-state index contributed by atoms with van der Waals surface area (Å²) in [5, 5.41) is 12.7. The number of thioether (sulfide) groups is 1. The zero-order valence-electron chi connectivity index (χ0n) is 15.3. The van der Waals surface area contributed by atoms with Gasteiger partial charge in [-0.3, -0.25) is 0 Å². The first-order valence-corrected chi connectivity index (χ1v) is 9.49. The molecule has 2 aromatic carbocycles. The van der Waals surface area contributed by atoms with E-state index in [1.807, 2.05) is 31.2 Å². The van der Waals surface area contributed by atoms with Crippen LogP contribution < -0.4 is 5.84 Å². The van der Waals surface area contributed by atoms with Crippen LogP contribution in [0.15, 0.2) is 52.1 Å². The van der Waals surface area contributed by atoms with Gasteiger partial charge in [0.05, 0.1) is 5.75 Å². The maximum atomic E-state index is 13.7. The standard InChI is InChI=1S/C19H17FN6OS/c1-11-3-6-13(7-4-11)18-23-24-19(26(18)21)28-10-16-22-17(25-27-16)14-8-5-12(2)15(20)9-14/h3-9H,10,21H2,1-2H3. The van der Waals surface area contributed by atoms with Crippen LogP contribution >= 0.6 is 11.8 Å². The van der Waals surface area contributed by atoms with Crippen molar-refractivity contribution in [3.8, 4) is 22.8 Å². The topological polar surface area (TPSA) is 95.6 Å². The van der Waals surface area contributed by atoms with Gasteiger partial charge in [0.25, 0.3) is 0 Å². The molecule has 0 amide bonds. The average molecular weight is 396 g/mol. The minimum atomic E-state index is -0.307. The van der Waals surface area contributed by atoms with Gasteiger partial charge >= 0.3 is 0 Å². The van der Waals surface area contributed by atoms with Crippen LogP contribution in [0, 0.1) is 19.7 Å². The normalized spacial score (nSPS) is 11.1. The van der Waals surface area contributed by atoms with Crippen molar-refractivity contribution < 1.29 is 8.91 Å². The van der Waals surface area contributed by atoms with Crippen molar-refractivity contribution in [2.24, 2.45) is 0 Å². The Morgan fingerprint density at radius 1 is 1.07 bits per heavy atom. The molecule has 142 valence electrons. The fraction of sp³-hybridized carbons (Fsp3) is 0.158. The summed E-state index contributed by atoms with van der Waals surface area (Å²) >= 11 is 1.33. The molecule has 0 fully saturated rings. The summed E-state index contributed by atoms with van der Waals surface area (Å²) in [6, 6.07) is 12.7. The lowest BCUT2D eigenvalue weighted by atomic mass is 10.1. The van der Waals surface area contributed by atoms with Crippen molar-refractivity contribution >= 4 is 11.8 Å². The Morgan fingerprint density at radius 2 is 1.82 bits per heavy atom. The highest BCUT2D eigenvalue weighted by Crippen LogP contribution is 2.25. The van der Waals surface area contributed by atoms with Crippen molar-refractivity contribution in [2.75, 3.05) is 5.84 Å².